The fraction of sp³-hybridized carbons (Fsp3) is 0.727. The quantitative estimate of drug-likeness (QED) is 0.665. The lowest BCUT2D eigenvalue weighted by Gasteiger charge is -2.20. The van der Waals surface area contributed by atoms with E-state index in [0.29, 0.717) is 18.9 Å². The van der Waals surface area contributed by atoms with Crippen molar-refractivity contribution in [2.45, 2.75) is 31.7 Å². The van der Waals surface area contributed by atoms with E-state index in [4.69, 9.17) is 6.42 Å². The van der Waals surface area contributed by atoms with Crippen LogP contribution in [0.1, 0.15) is 25.7 Å². The van der Waals surface area contributed by atoms with Gasteiger partial charge in [-0.2, -0.15) is 0 Å². The van der Waals surface area contributed by atoms with Gasteiger partial charge in [-0.3, -0.25) is 4.79 Å². The summed E-state index contributed by atoms with van der Waals surface area (Å²) >= 11 is 0. The molecule has 1 amide bonds. The standard InChI is InChI=1S/C11H18N2O/c1-3-4-7-11(14)13(2)9-10-6-5-8-12-10/h1,10,12H,4-9H2,2H3. The van der Waals surface area contributed by atoms with Crippen LogP contribution in [-0.2, 0) is 4.79 Å². The van der Waals surface area contributed by atoms with E-state index in [1.807, 2.05) is 7.05 Å². The Hall–Kier alpha value is -1.01. The molecule has 1 N–H and O–H groups in total. The van der Waals surface area contributed by atoms with E-state index < -0.39 is 0 Å². The highest BCUT2D eigenvalue weighted by atomic mass is 16.2. The highest BCUT2D eigenvalue weighted by molar-refractivity contribution is 5.76. The van der Waals surface area contributed by atoms with Crippen molar-refractivity contribution < 1.29 is 4.79 Å². The summed E-state index contributed by atoms with van der Waals surface area (Å²) in [5.74, 6) is 2.63. The SMILES string of the molecule is C#CCCC(=O)N(C)CC1CCCN1. The molecule has 1 saturated heterocycles. The molecule has 1 aliphatic rings. The zero-order valence-corrected chi connectivity index (χ0v) is 8.75. The van der Waals surface area contributed by atoms with Gasteiger partial charge in [0.1, 0.15) is 0 Å². The van der Waals surface area contributed by atoms with Gasteiger partial charge in [-0.25, -0.2) is 0 Å². The third-order valence-corrected chi connectivity index (χ3v) is 2.57. The maximum Gasteiger partial charge on any atom is 0.223 e. The summed E-state index contributed by atoms with van der Waals surface area (Å²) in [4.78, 5) is 13.3. The average Bonchev–Trinajstić information content (AvgIpc) is 2.66. The summed E-state index contributed by atoms with van der Waals surface area (Å²) in [6.07, 6.45) is 8.52. The van der Waals surface area contributed by atoms with Crippen LogP contribution in [0.4, 0.5) is 0 Å². The van der Waals surface area contributed by atoms with Crippen LogP contribution in [-0.4, -0.2) is 37.0 Å². The van der Waals surface area contributed by atoms with Gasteiger partial charge in [0.15, 0.2) is 0 Å². The average molecular weight is 194 g/mol. The monoisotopic (exact) mass is 194 g/mol. The van der Waals surface area contributed by atoms with Crippen LogP contribution in [0.3, 0.4) is 0 Å². The third kappa shape index (κ3) is 3.39. The van der Waals surface area contributed by atoms with Crippen LogP contribution in [0.15, 0.2) is 0 Å². The third-order valence-electron chi connectivity index (χ3n) is 2.57. The number of carbonyl (C=O) groups is 1. The van der Waals surface area contributed by atoms with Crippen molar-refractivity contribution in [2.24, 2.45) is 0 Å². The second-order valence-corrected chi connectivity index (χ2v) is 3.77. The molecule has 0 bridgehead atoms. The van der Waals surface area contributed by atoms with Gasteiger partial charge in [-0.15, -0.1) is 12.3 Å². The molecule has 1 heterocycles. The summed E-state index contributed by atoms with van der Waals surface area (Å²) in [6, 6.07) is 0.481. The topological polar surface area (TPSA) is 32.3 Å². The number of hydrogen-bond acceptors (Lipinski definition) is 2. The van der Waals surface area contributed by atoms with Crippen molar-refractivity contribution in [3.63, 3.8) is 0 Å². The smallest absolute Gasteiger partial charge is 0.223 e. The van der Waals surface area contributed by atoms with Crippen LogP contribution in [0.2, 0.25) is 0 Å². The van der Waals surface area contributed by atoms with Gasteiger partial charge in [0.25, 0.3) is 0 Å². The zero-order valence-electron chi connectivity index (χ0n) is 8.75. The number of terminal acetylenes is 1. The van der Waals surface area contributed by atoms with Crippen LogP contribution in [0.5, 0.6) is 0 Å². The van der Waals surface area contributed by atoms with E-state index in [1.54, 1.807) is 4.90 Å². The minimum Gasteiger partial charge on any atom is -0.344 e. The number of likely N-dealkylation sites (N-methyl/N-ethyl adjacent to an activating group) is 1. The van der Waals surface area contributed by atoms with Crippen molar-refractivity contribution >= 4 is 5.91 Å². The first-order valence-electron chi connectivity index (χ1n) is 5.15. The highest BCUT2D eigenvalue weighted by Crippen LogP contribution is 2.06. The van der Waals surface area contributed by atoms with Gasteiger partial charge in [-0.1, -0.05) is 0 Å². The number of carbonyl (C=O) groups excluding carboxylic acids is 1. The van der Waals surface area contributed by atoms with E-state index in [-0.39, 0.29) is 5.91 Å². The maximum absolute atomic E-state index is 11.5. The summed E-state index contributed by atoms with van der Waals surface area (Å²) in [5, 5.41) is 3.36. The Morgan fingerprint density at radius 1 is 1.71 bits per heavy atom. The Labute approximate surface area is 85.9 Å². The molecule has 0 saturated carbocycles. The van der Waals surface area contributed by atoms with Crippen LogP contribution >= 0.6 is 0 Å². The van der Waals surface area contributed by atoms with Gasteiger partial charge in [0.05, 0.1) is 0 Å². The van der Waals surface area contributed by atoms with Crippen LogP contribution < -0.4 is 5.32 Å². The van der Waals surface area contributed by atoms with Gasteiger partial charge < -0.3 is 10.2 Å². The lowest BCUT2D eigenvalue weighted by Crippen LogP contribution is -2.38. The lowest BCUT2D eigenvalue weighted by molar-refractivity contribution is -0.130. The molecule has 1 unspecified atom stereocenters. The molecule has 1 rings (SSSR count). The largest absolute Gasteiger partial charge is 0.344 e. The zero-order chi connectivity index (χ0) is 10.4. The first-order valence-corrected chi connectivity index (χ1v) is 5.15. The Morgan fingerprint density at radius 2 is 2.50 bits per heavy atom. The molecular formula is C11H18N2O. The van der Waals surface area contributed by atoms with Gasteiger partial charge in [0, 0.05) is 32.5 Å². The van der Waals surface area contributed by atoms with Crippen LogP contribution in [0.25, 0.3) is 0 Å². The number of amides is 1. The summed E-state index contributed by atoms with van der Waals surface area (Å²) in [7, 11) is 1.85. The van der Waals surface area contributed by atoms with E-state index in [9.17, 15) is 4.79 Å². The predicted molar refractivity (Wildman–Crippen MR) is 56.7 cm³/mol. The fourth-order valence-electron chi connectivity index (χ4n) is 1.71. The van der Waals surface area contributed by atoms with Crippen molar-refractivity contribution in [3.05, 3.63) is 0 Å². The molecule has 0 spiro atoms. The molecular weight excluding hydrogens is 176 g/mol. The Kier molecular flexibility index (Phi) is 4.48. The van der Waals surface area contributed by atoms with E-state index in [0.717, 1.165) is 13.1 Å². The molecule has 14 heavy (non-hydrogen) atoms. The molecule has 0 aromatic carbocycles. The van der Waals surface area contributed by atoms with Crippen molar-refractivity contribution in [1.29, 1.82) is 0 Å². The van der Waals surface area contributed by atoms with Crippen molar-refractivity contribution in [3.8, 4) is 12.3 Å². The van der Waals surface area contributed by atoms with Gasteiger partial charge in [0.2, 0.25) is 5.91 Å². The summed E-state index contributed by atoms with van der Waals surface area (Å²) < 4.78 is 0. The number of nitrogens with one attached hydrogen (secondary N) is 1. The number of hydrogen-bond donors (Lipinski definition) is 1. The first-order chi connectivity index (χ1) is 6.74. The summed E-state index contributed by atoms with van der Waals surface area (Å²) in [6.45, 7) is 1.89. The predicted octanol–water partition coefficient (Wildman–Crippen LogP) is 0.610. The second-order valence-electron chi connectivity index (χ2n) is 3.77. The minimum absolute atomic E-state index is 0.150. The van der Waals surface area contributed by atoms with Gasteiger partial charge >= 0.3 is 0 Å². The molecule has 3 heteroatoms. The minimum atomic E-state index is 0.150. The second kappa shape index (κ2) is 5.66. The molecule has 0 aromatic rings. The Balaban J connectivity index is 2.22. The molecule has 1 fully saturated rings. The molecule has 0 aromatic heterocycles. The molecule has 0 aliphatic carbocycles. The van der Waals surface area contributed by atoms with Gasteiger partial charge in [-0.05, 0) is 19.4 Å². The van der Waals surface area contributed by atoms with E-state index >= 15 is 0 Å². The summed E-state index contributed by atoms with van der Waals surface area (Å²) in [5.41, 5.74) is 0. The maximum atomic E-state index is 11.5. The first kappa shape index (κ1) is 11.1. The highest BCUT2D eigenvalue weighted by Gasteiger charge is 2.18. The molecule has 78 valence electrons. The molecule has 3 nitrogen and oxygen atoms in total. The van der Waals surface area contributed by atoms with E-state index in [1.165, 1.54) is 12.8 Å². The van der Waals surface area contributed by atoms with E-state index in [2.05, 4.69) is 11.2 Å². The van der Waals surface area contributed by atoms with Crippen molar-refractivity contribution in [2.75, 3.05) is 20.1 Å². The Morgan fingerprint density at radius 3 is 3.07 bits per heavy atom. The van der Waals surface area contributed by atoms with Crippen LogP contribution in [0, 0.1) is 12.3 Å². The number of rotatable bonds is 4. The Bertz CT molecular complexity index is 226. The normalized spacial score (nSPS) is 20.4. The molecule has 1 atom stereocenters. The number of nitrogens with zero attached hydrogens (tertiary/aromatic N) is 1. The van der Waals surface area contributed by atoms with Crippen molar-refractivity contribution in [1.82, 2.24) is 10.2 Å². The molecule has 1 aliphatic heterocycles. The fourth-order valence-corrected chi connectivity index (χ4v) is 1.71. The molecule has 0 radical (unpaired) electrons. The lowest BCUT2D eigenvalue weighted by atomic mass is 10.2.